The number of likely N-dealkylation sites (tertiary alicyclic amines) is 1. The van der Waals surface area contributed by atoms with Gasteiger partial charge in [-0.1, -0.05) is 12.8 Å². The molecule has 1 saturated heterocycles. The summed E-state index contributed by atoms with van der Waals surface area (Å²) in [5.74, 6) is 0.856. The second kappa shape index (κ2) is 14.4. The van der Waals surface area contributed by atoms with E-state index in [2.05, 4.69) is 20.5 Å². The summed E-state index contributed by atoms with van der Waals surface area (Å²) in [4.78, 5) is 18.1. The summed E-state index contributed by atoms with van der Waals surface area (Å²) in [7, 11) is 3.63. The van der Waals surface area contributed by atoms with Crippen molar-refractivity contribution in [1.82, 2.24) is 15.5 Å². The van der Waals surface area contributed by atoms with Crippen LogP contribution in [0.3, 0.4) is 0 Å². The van der Waals surface area contributed by atoms with Gasteiger partial charge >= 0.3 is 0 Å². The number of piperidine rings is 1. The maximum absolute atomic E-state index is 11.2. The molecular formula is C21H42IN5O2. The number of rotatable bonds is 11. The Balaban J connectivity index is 0.00000420. The average molecular weight is 524 g/mol. The summed E-state index contributed by atoms with van der Waals surface area (Å²) < 4.78 is 5.32. The van der Waals surface area contributed by atoms with Crippen molar-refractivity contribution in [3.05, 3.63) is 0 Å². The minimum atomic E-state index is -0.135. The van der Waals surface area contributed by atoms with Crippen LogP contribution in [0.15, 0.2) is 4.99 Å². The molecule has 0 unspecified atom stereocenters. The predicted octanol–water partition coefficient (Wildman–Crippen LogP) is 2.34. The quantitative estimate of drug-likeness (QED) is 0.167. The van der Waals surface area contributed by atoms with Gasteiger partial charge in [0.2, 0.25) is 5.91 Å². The molecule has 1 saturated carbocycles. The topological polar surface area (TPSA) is 92.0 Å². The number of carbonyl (C=O) groups excluding carboxylic acids is 1. The van der Waals surface area contributed by atoms with Crippen molar-refractivity contribution in [2.45, 2.75) is 57.8 Å². The van der Waals surface area contributed by atoms with Gasteiger partial charge in [0.15, 0.2) is 5.96 Å². The lowest BCUT2D eigenvalue weighted by Crippen LogP contribution is -2.43. The van der Waals surface area contributed by atoms with Gasteiger partial charge in [-0.3, -0.25) is 9.79 Å². The summed E-state index contributed by atoms with van der Waals surface area (Å²) in [6.07, 6.45) is 10.4. The Kier molecular flexibility index (Phi) is 13.1. The van der Waals surface area contributed by atoms with Crippen LogP contribution in [0, 0.1) is 11.3 Å². The molecule has 2 aliphatic rings. The van der Waals surface area contributed by atoms with E-state index in [4.69, 9.17) is 10.5 Å². The standard InChI is InChI=1S/C21H41N5O2.HI/c1-23-20(25-17-21(11-16-28-2)9-3-4-10-21)24-12-5-6-13-26-14-7-18(8-15-26)19(22)27;/h18H,3-17H2,1-2H3,(H2,22,27)(H2,23,24,25);1H. The number of halogens is 1. The molecule has 0 aromatic heterocycles. The van der Waals surface area contributed by atoms with Crippen LogP contribution in [0.25, 0.3) is 0 Å². The number of carbonyl (C=O) groups is 1. The first-order valence-corrected chi connectivity index (χ1v) is 11.0. The van der Waals surface area contributed by atoms with E-state index in [1.807, 2.05) is 7.05 Å². The van der Waals surface area contributed by atoms with Crippen LogP contribution in [0.1, 0.15) is 57.8 Å². The van der Waals surface area contributed by atoms with Crippen LogP contribution in [-0.4, -0.2) is 70.3 Å². The lowest BCUT2D eigenvalue weighted by atomic mass is 9.83. The monoisotopic (exact) mass is 523 g/mol. The Labute approximate surface area is 194 Å². The fourth-order valence-electron chi connectivity index (χ4n) is 4.56. The van der Waals surface area contributed by atoms with Crippen molar-refractivity contribution in [2.75, 3.05) is 53.5 Å². The van der Waals surface area contributed by atoms with E-state index >= 15 is 0 Å². The largest absolute Gasteiger partial charge is 0.385 e. The first-order chi connectivity index (χ1) is 13.6. The Morgan fingerprint density at radius 1 is 1.21 bits per heavy atom. The molecule has 1 aliphatic heterocycles. The summed E-state index contributed by atoms with van der Waals surface area (Å²) >= 11 is 0. The highest BCUT2D eigenvalue weighted by Gasteiger charge is 2.33. The lowest BCUT2D eigenvalue weighted by Gasteiger charge is -2.30. The fourth-order valence-corrected chi connectivity index (χ4v) is 4.56. The Morgan fingerprint density at radius 3 is 2.48 bits per heavy atom. The van der Waals surface area contributed by atoms with Crippen molar-refractivity contribution < 1.29 is 9.53 Å². The van der Waals surface area contributed by atoms with Crippen molar-refractivity contribution in [3.8, 4) is 0 Å². The normalized spacial score (nSPS) is 20.3. The molecule has 170 valence electrons. The number of unbranched alkanes of at least 4 members (excludes halogenated alkanes) is 1. The number of aliphatic imine (C=N–C) groups is 1. The predicted molar refractivity (Wildman–Crippen MR) is 130 cm³/mol. The van der Waals surface area contributed by atoms with E-state index in [9.17, 15) is 4.79 Å². The fraction of sp³-hybridized carbons (Fsp3) is 0.905. The maximum atomic E-state index is 11.2. The molecule has 2 rings (SSSR count). The molecule has 0 atom stereocenters. The molecule has 4 N–H and O–H groups in total. The van der Waals surface area contributed by atoms with E-state index in [0.29, 0.717) is 5.41 Å². The highest BCUT2D eigenvalue weighted by molar-refractivity contribution is 14.0. The van der Waals surface area contributed by atoms with E-state index < -0.39 is 0 Å². The maximum Gasteiger partial charge on any atom is 0.220 e. The minimum absolute atomic E-state index is 0. The van der Waals surface area contributed by atoms with E-state index in [0.717, 1.165) is 77.4 Å². The molecule has 7 nitrogen and oxygen atoms in total. The molecule has 1 aliphatic carbocycles. The molecule has 0 bridgehead atoms. The van der Waals surface area contributed by atoms with Gasteiger partial charge < -0.3 is 26.0 Å². The second-order valence-corrected chi connectivity index (χ2v) is 8.53. The Morgan fingerprint density at radius 2 is 1.90 bits per heavy atom. The van der Waals surface area contributed by atoms with Crippen molar-refractivity contribution in [1.29, 1.82) is 0 Å². The van der Waals surface area contributed by atoms with Crippen LogP contribution < -0.4 is 16.4 Å². The Hall–Kier alpha value is -0.610. The van der Waals surface area contributed by atoms with E-state index in [1.165, 1.54) is 25.7 Å². The number of hydrogen-bond donors (Lipinski definition) is 3. The van der Waals surface area contributed by atoms with Crippen molar-refractivity contribution in [3.63, 3.8) is 0 Å². The zero-order valence-corrected chi connectivity index (χ0v) is 20.7. The van der Waals surface area contributed by atoms with Gasteiger partial charge in [-0.25, -0.2) is 0 Å². The number of hydrogen-bond acceptors (Lipinski definition) is 4. The highest BCUT2D eigenvalue weighted by Crippen LogP contribution is 2.40. The lowest BCUT2D eigenvalue weighted by molar-refractivity contribution is -0.123. The number of guanidine groups is 1. The van der Waals surface area contributed by atoms with Crippen LogP contribution >= 0.6 is 24.0 Å². The molecule has 2 fully saturated rings. The highest BCUT2D eigenvalue weighted by atomic mass is 127. The minimum Gasteiger partial charge on any atom is -0.385 e. The Bertz CT molecular complexity index is 489. The molecule has 0 radical (unpaired) electrons. The molecule has 8 heteroatoms. The number of amides is 1. The number of nitrogens with zero attached hydrogens (tertiary/aromatic N) is 2. The van der Waals surface area contributed by atoms with Gasteiger partial charge in [-0.05, 0) is 70.0 Å². The van der Waals surface area contributed by atoms with Gasteiger partial charge in [0.25, 0.3) is 0 Å². The molecule has 1 heterocycles. The first-order valence-electron chi connectivity index (χ1n) is 11.0. The zero-order valence-electron chi connectivity index (χ0n) is 18.4. The number of methoxy groups -OCH3 is 1. The van der Waals surface area contributed by atoms with Gasteiger partial charge in [-0.2, -0.15) is 0 Å². The van der Waals surface area contributed by atoms with Crippen LogP contribution in [0.4, 0.5) is 0 Å². The zero-order chi connectivity index (χ0) is 20.2. The summed E-state index contributed by atoms with van der Waals surface area (Å²) in [6, 6.07) is 0. The average Bonchev–Trinajstić information content (AvgIpc) is 3.18. The van der Waals surface area contributed by atoms with Gasteiger partial charge in [0.05, 0.1) is 0 Å². The van der Waals surface area contributed by atoms with E-state index in [1.54, 1.807) is 7.11 Å². The molecule has 0 aromatic rings. The third-order valence-corrected chi connectivity index (χ3v) is 6.54. The molecule has 0 aromatic carbocycles. The third-order valence-electron chi connectivity index (χ3n) is 6.54. The number of nitrogens with two attached hydrogens (primary N) is 1. The second-order valence-electron chi connectivity index (χ2n) is 8.53. The number of nitrogens with one attached hydrogen (secondary N) is 2. The van der Waals surface area contributed by atoms with Gasteiger partial charge in [0, 0.05) is 39.8 Å². The molecule has 29 heavy (non-hydrogen) atoms. The smallest absolute Gasteiger partial charge is 0.220 e. The summed E-state index contributed by atoms with van der Waals surface area (Å²) in [5.41, 5.74) is 5.77. The first kappa shape index (κ1) is 26.4. The molecule has 0 spiro atoms. The summed E-state index contributed by atoms with van der Waals surface area (Å²) in [6.45, 7) is 5.83. The number of ether oxygens (including phenoxy) is 1. The summed E-state index contributed by atoms with van der Waals surface area (Å²) in [5, 5.41) is 7.00. The third kappa shape index (κ3) is 9.38. The van der Waals surface area contributed by atoms with Gasteiger partial charge in [0.1, 0.15) is 0 Å². The van der Waals surface area contributed by atoms with Crippen molar-refractivity contribution >= 4 is 35.8 Å². The molecular weight excluding hydrogens is 481 g/mol. The van der Waals surface area contributed by atoms with Crippen LogP contribution in [0.5, 0.6) is 0 Å². The van der Waals surface area contributed by atoms with Crippen LogP contribution in [-0.2, 0) is 9.53 Å². The van der Waals surface area contributed by atoms with Crippen molar-refractivity contribution in [2.24, 2.45) is 22.1 Å². The van der Waals surface area contributed by atoms with E-state index in [-0.39, 0.29) is 35.8 Å². The van der Waals surface area contributed by atoms with Gasteiger partial charge in [-0.15, -0.1) is 24.0 Å². The van der Waals surface area contributed by atoms with Crippen LogP contribution in [0.2, 0.25) is 0 Å². The number of primary amides is 1. The SMILES string of the molecule is CN=C(NCCCCN1CCC(C(N)=O)CC1)NCC1(CCOC)CCCC1.I. The molecule has 1 amide bonds.